The summed E-state index contributed by atoms with van der Waals surface area (Å²) in [4.78, 5) is 14.8. The maximum absolute atomic E-state index is 10.0. The Kier molecular flexibility index (Phi) is 4.15. The van der Waals surface area contributed by atoms with Crippen molar-refractivity contribution < 1.29 is 19.5 Å². The highest BCUT2D eigenvalue weighted by Gasteiger charge is 1.94. The van der Waals surface area contributed by atoms with Crippen LogP contribution in [0.15, 0.2) is 29.4 Å². The molecule has 5 heteroatoms. The van der Waals surface area contributed by atoms with Gasteiger partial charge in [0.05, 0.1) is 7.11 Å². The maximum Gasteiger partial charge on any atom is 0.350 e. The monoisotopic (exact) mass is 209 g/mol. The molecule has 1 rings (SSSR count). The molecule has 15 heavy (non-hydrogen) atoms. The summed E-state index contributed by atoms with van der Waals surface area (Å²) >= 11 is 0. The van der Waals surface area contributed by atoms with E-state index in [9.17, 15) is 4.79 Å². The second-order valence-electron chi connectivity index (χ2n) is 2.69. The lowest BCUT2D eigenvalue weighted by atomic mass is 10.2. The molecular weight excluding hydrogens is 198 g/mol. The summed E-state index contributed by atoms with van der Waals surface area (Å²) in [5.74, 6) is -0.377. The molecule has 80 valence electrons. The van der Waals surface area contributed by atoms with Crippen LogP contribution in [0.5, 0.6) is 5.75 Å². The van der Waals surface area contributed by atoms with Crippen LogP contribution in [-0.2, 0) is 16.2 Å². The molecule has 0 spiro atoms. The van der Waals surface area contributed by atoms with Crippen LogP contribution in [-0.4, -0.2) is 24.4 Å². The lowest BCUT2D eigenvalue weighted by molar-refractivity contribution is -0.129. The third-order valence-electron chi connectivity index (χ3n) is 1.63. The smallest absolute Gasteiger partial charge is 0.350 e. The van der Waals surface area contributed by atoms with Crippen LogP contribution in [0.1, 0.15) is 5.56 Å². The van der Waals surface area contributed by atoms with Gasteiger partial charge >= 0.3 is 5.97 Å². The first-order chi connectivity index (χ1) is 7.22. The van der Waals surface area contributed by atoms with Crippen molar-refractivity contribution in [1.29, 1.82) is 0 Å². The molecule has 5 nitrogen and oxygen atoms in total. The Labute approximate surface area is 86.9 Å². The van der Waals surface area contributed by atoms with E-state index in [0.717, 1.165) is 11.3 Å². The van der Waals surface area contributed by atoms with Gasteiger partial charge in [0.2, 0.25) is 0 Å². The molecule has 0 bridgehead atoms. The molecule has 1 aromatic carbocycles. The number of methoxy groups -OCH3 is 1. The quantitative estimate of drug-likeness (QED) is 0.586. The standard InChI is InChI=1S/C10H11NO4/c1-14-9-4-2-8(3-5-9)7-15-11-6-10(12)13/h2-6H,7H2,1H3,(H,12,13)/b11-6+. The SMILES string of the molecule is COc1ccc(CO/N=C/C(=O)O)cc1. The van der Waals surface area contributed by atoms with Crippen molar-refractivity contribution in [3.63, 3.8) is 0 Å². The minimum absolute atomic E-state index is 0.230. The van der Waals surface area contributed by atoms with Crippen molar-refractivity contribution in [2.75, 3.05) is 7.11 Å². The fraction of sp³-hybridized carbons (Fsp3) is 0.200. The van der Waals surface area contributed by atoms with Gasteiger partial charge in [0.25, 0.3) is 0 Å². The van der Waals surface area contributed by atoms with Gasteiger partial charge in [-0.1, -0.05) is 17.3 Å². The van der Waals surface area contributed by atoms with Gasteiger partial charge in [-0.05, 0) is 17.7 Å². The van der Waals surface area contributed by atoms with E-state index in [1.165, 1.54) is 0 Å². The summed E-state index contributed by atoms with van der Waals surface area (Å²) in [6.45, 7) is 0.230. The van der Waals surface area contributed by atoms with Crippen LogP contribution < -0.4 is 4.74 Å². The first-order valence-corrected chi connectivity index (χ1v) is 4.23. The van der Waals surface area contributed by atoms with Gasteiger partial charge in [0, 0.05) is 0 Å². The highest BCUT2D eigenvalue weighted by molar-refractivity contribution is 6.21. The number of carboxylic acid groups (broad SMARTS) is 1. The minimum atomic E-state index is -1.13. The molecule has 0 heterocycles. The van der Waals surface area contributed by atoms with Gasteiger partial charge < -0.3 is 14.7 Å². The first kappa shape index (κ1) is 11.0. The summed E-state index contributed by atoms with van der Waals surface area (Å²) in [5, 5.41) is 11.5. The number of nitrogens with zero attached hydrogens (tertiary/aromatic N) is 1. The fourth-order valence-electron chi connectivity index (χ4n) is 0.916. The van der Waals surface area contributed by atoms with Crippen molar-refractivity contribution in [3.8, 4) is 5.75 Å². The van der Waals surface area contributed by atoms with E-state index in [1.807, 2.05) is 12.1 Å². The zero-order valence-corrected chi connectivity index (χ0v) is 8.21. The van der Waals surface area contributed by atoms with Crippen LogP contribution in [0.3, 0.4) is 0 Å². The van der Waals surface area contributed by atoms with Crippen molar-refractivity contribution in [3.05, 3.63) is 29.8 Å². The molecular formula is C10H11NO4. The topological polar surface area (TPSA) is 68.1 Å². The molecule has 0 aliphatic rings. The predicted molar refractivity (Wildman–Crippen MR) is 53.9 cm³/mol. The first-order valence-electron chi connectivity index (χ1n) is 4.23. The van der Waals surface area contributed by atoms with E-state index < -0.39 is 5.97 Å². The average molecular weight is 209 g/mol. The van der Waals surface area contributed by atoms with Crippen molar-refractivity contribution in [1.82, 2.24) is 0 Å². The van der Waals surface area contributed by atoms with Crippen molar-refractivity contribution in [2.45, 2.75) is 6.61 Å². The van der Waals surface area contributed by atoms with Gasteiger partial charge in [-0.25, -0.2) is 4.79 Å². The number of oxime groups is 1. The maximum atomic E-state index is 10.0. The molecule has 0 saturated carbocycles. The molecule has 0 aromatic heterocycles. The zero-order valence-electron chi connectivity index (χ0n) is 8.21. The van der Waals surface area contributed by atoms with Crippen LogP contribution >= 0.6 is 0 Å². The molecule has 0 unspecified atom stereocenters. The van der Waals surface area contributed by atoms with E-state index in [0.29, 0.717) is 6.21 Å². The Morgan fingerprint density at radius 2 is 2.13 bits per heavy atom. The molecule has 0 aliphatic carbocycles. The Bertz CT molecular complexity index is 345. The molecule has 1 N–H and O–H groups in total. The van der Waals surface area contributed by atoms with Gasteiger partial charge in [0.1, 0.15) is 12.4 Å². The number of hydrogen-bond donors (Lipinski definition) is 1. The third kappa shape index (κ3) is 4.12. The number of carbonyl (C=O) groups is 1. The Morgan fingerprint density at radius 1 is 1.47 bits per heavy atom. The van der Waals surface area contributed by atoms with Crippen molar-refractivity contribution in [2.24, 2.45) is 5.16 Å². The highest BCUT2D eigenvalue weighted by Crippen LogP contribution is 2.11. The normalized spacial score (nSPS) is 10.2. The largest absolute Gasteiger partial charge is 0.497 e. The summed E-state index contributed by atoms with van der Waals surface area (Å²) in [7, 11) is 1.59. The molecule has 1 aromatic rings. The summed E-state index contributed by atoms with van der Waals surface area (Å²) in [6.07, 6.45) is 0.698. The van der Waals surface area contributed by atoms with Crippen LogP contribution in [0, 0.1) is 0 Å². The van der Waals surface area contributed by atoms with Crippen molar-refractivity contribution >= 4 is 12.2 Å². The number of carboxylic acids is 1. The summed E-state index contributed by atoms with van der Waals surface area (Å²) in [5.41, 5.74) is 0.887. The minimum Gasteiger partial charge on any atom is -0.497 e. The third-order valence-corrected chi connectivity index (χ3v) is 1.63. The fourth-order valence-corrected chi connectivity index (χ4v) is 0.916. The van der Waals surface area contributed by atoms with Crippen LogP contribution in [0.4, 0.5) is 0 Å². The number of ether oxygens (including phenoxy) is 1. The molecule has 0 radical (unpaired) electrons. The molecule has 0 fully saturated rings. The number of benzene rings is 1. The van der Waals surface area contributed by atoms with E-state index in [-0.39, 0.29) is 6.61 Å². The number of hydrogen-bond acceptors (Lipinski definition) is 4. The second kappa shape index (κ2) is 5.64. The van der Waals surface area contributed by atoms with E-state index in [2.05, 4.69) is 5.16 Å². The van der Waals surface area contributed by atoms with E-state index in [1.54, 1.807) is 19.2 Å². The molecule has 0 saturated heterocycles. The Hall–Kier alpha value is -2.04. The van der Waals surface area contributed by atoms with Crippen LogP contribution in [0.2, 0.25) is 0 Å². The van der Waals surface area contributed by atoms with Crippen LogP contribution in [0.25, 0.3) is 0 Å². The lowest BCUT2D eigenvalue weighted by Gasteiger charge is -2.01. The number of aliphatic carboxylic acids is 1. The lowest BCUT2D eigenvalue weighted by Crippen LogP contribution is -1.96. The van der Waals surface area contributed by atoms with Gasteiger partial charge in [-0.3, -0.25) is 0 Å². The summed E-state index contributed by atoms with van der Waals surface area (Å²) in [6, 6.07) is 7.21. The van der Waals surface area contributed by atoms with Gasteiger partial charge in [0.15, 0.2) is 6.21 Å². The summed E-state index contributed by atoms with van der Waals surface area (Å²) < 4.78 is 4.98. The highest BCUT2D eigenvalue weighted by atomic mass is 16.6. The van der Waals surface area contributed by atoms with Gasteiger partial charge in [-0.15, -0.1) is 0 Å². The molecule has 0 aliphatic heterocycles. The molecule has 0 amide bonds. The number of rotatable bonds is 5. The van der Waals surface area contributed by atoms with E-state index in [4.69, 9.17) is 14.7 Å². The van der Waals surface area contributed by atoms with Gasteiger partial charge in [-0.2, -0.15) is 0 Å². The van der Waals surface area contributed by atoms with E-state index >= 15 is 0 Å². The Morgan fingerprint density at radius 3 is 2.67 bits per heavy atom. The second-order valence-corrected chi connectivity index (χ2v) is 2.69. The predicted octanol–water partition coefficient (Wildman–Crippen LogP) is 1.28. The average Bonchev–Trinajstić information content (AvgIpc) is 2.25. The Balaban J connectivity index is 2.41. The zero-order chi connectivity index (χ0) is 11.1. The molecule has 0 atom stereocenters.